The minimum absolute atomic E-state index is 0.0307. The summed E-state index contributed by atoms with van der Waals surface area (Å²) in [6, 6.07) is 14.8. The Hall–Kier alpha value is -3.41. The molecule has 1 atom stereocenters. The van der Waals surface area contributed by atoms with Gasteiger partial charge in [0.1, 0.15) is 0 Å². The topological polar surface area (TPSA) is 72.9 Å². The maximum absolute atomic E-state index is 13.4. The van der Waals surface area contributed by atoms with Gasteiger partial charge >= 0.3 is 11.9 Å². The Morgan fingerprint density at radius 3 is 2.33 bits per heavy atom. The number of carbonyl (C=O) groups is 3. The van der Waals surface area contributed by atoms with Crippen molar-refractivity contribution in [2.75, 3.05) is 13.7 Å². The Bertz CT molecular complexity index is 1050. The van der Waals surface area contributed by atoms with E-state index in [-0.39, 0.29) is 30.8 Å². The highest BCUT2D eigenvalue weighted by Gasteiger charge is 2.38. The molecule has 1 amide bonds. The largest absolute Gasteiger partial charge is 0.465 e. The Morgan fingerprint density at radius 1 is 1.03 bits per heavy atom. The van der Waals surface area contributed by atoms with E-state index in [0.717, 1.165) is 28.8 Å². The lowest BCUT2D eigenvalue weighted by atomic mass is 9.80. The Labute approximate surface area is 195 Å². The number of allylic oxidation sites excluding steroid dienone is 1. The van der Waals surface area contributed by atoms with Crippen molar-refractivity contribution in [1.29, 1.82) is 0 Å². The molecule has 174 valence electrons. The third kappa shape index (κ3) is 5.33. The van der Waals surface area contributed by atoms with Crippen molar-refractivity contribution in [2.24, 2.45) is 0 Å². The zero-order valence-electron chi connectivity index (χ0n) is 19.7. The van der Waals surface area contributed by atoms with Gasteiger partial charge in [0.2, 0.25) is 5.91 Å². The van der Waals surface area contributed by atoms with Gasteiger partial charge in [-0.25, -0.2) is 9.59 Å². The molecule has 0 aliphatic carbocycles. The number of hydrogen-bond acceptors (Lipinski definition) is 5. The Morgan fingerprint density at radius 2 is 1.73 bits per heavy atom. The molecular formula is C27H31NO5. The summed E-state index contributed by atoms with van der Waals surface area (Å²) in [6.45, 7) is 6.40. The van der Waals surface area contributed by atoms with E-state index in [1.807, 2.05) is 38.1 Å². The number of carbonyl (C=O) groups excluding carboxylic acids is 3. The van der Waals surface area contributed by atoms with Crippen LogP contribution in [0.25, 0.3) is 0 Å². The SMILES string of the molecule is CCCC1=C(C(=O)OCC)C(c2ccccc2C)CC(=O)N1Cc1ccc(C(=O)OC)cc1. The lowest BCUT2D eigenvalue weighted by Gasteiger charge is -2.36. The normalized spacial score (nSPS) is 16.1. The molecule has 1 unspecified atom stereocenters. The first-order valence-electron chi connectivity index (χ1n) is 11.3. The molecule has 1 heterocycles. The molecule has 2 aromatic carbocycles. The van der Waals surface area contributed by atoms with Crippen molar-refractivity contribution in [3.8, 4) is 0 Å². The molecule has 0 bridgehead atoms. The lowest BCUT2D eigenvalue weighted by molar-refractivity contribution is -0.140. The summed E-state index contributed by atoms with van der Waals surface area (Å²) in [5, 5.41) is 0. The highest BCUT2D eigenvalue weighted by molar-refractivity contribution is 5.96. The highest BCUT2D eigenvalue weighted by Crippen LogP contribution is 2.40. The molecule has 0 aromatic heterocycles. The van der Waals surface area contributed by atoms with Crippen LogP contribution in [0.3, 0.4) is 0 Å². The van der Waals surface area contributed by atoms with Crippen LogP contribution in [0.2, 0.25) is 0 Å². The van der Waals surface area contributed by atoms with Gasteiger partial charge in [0.15, 0.2) is 0 Å². The van der Waals surface area contributed by atoms with Crippen LogP contribution >= 0.6 is 0 Å². The van der Waals surface area contributed by atoms with Crippen LogP contribution in [-0.2, 0) is 25.6 Å². The number of aryl methyl sites for hydroxylation is 1. The second-order valence-electron chi connectivity index (χ2n) is 8.11. The summed E-state index contributed by atoms with van der Waals surface area (Å²) in [5.74, 6) is -1.14. The van der Waals surface area contributed by atoms with Crippen LogP contribution in [0.4, 0.5) is 0 Å². The summed E-state index contributed by atoms with van der Waals surface area (Å²) in [5.41, 5.74) is 4.62. The highest BCUT2D eigenvalue weighted by atomic mass is 16.5. The van der Waals surface area contributed by atoms with E-state index < -0.39 is 5.97 Å². The van der Waals surface area contributed by atoms with Gasteiger partial charge in [0, 0.05) is 18.0 Å². The molecule has 6 nitrogen and oxygen atoms in total. The van der Waals surface area contributed by atoms with Crippen molar-refractivity contribution in [2.45, 2.75) is 52.5 Å². The van der Waals surface area contributed by atoms with Gasteiger partial charge in [0.25, 0.3) is 0 Å². The second-order valence-corrected chi connectivity index (χ2v) is 8.11. The van der Waals surface area contributed by atoms with Gasteiger partial charge in [-0.3, -0.25) is 4.79 Å². The molecule has 0 spiro atoms. The standard InChI is InChI=1S/C27H31NO5/c1-5-9-23-25(27(31)33-6-2)22(21-11-8-7-10-18(21)3)16-24(29)28(23)17-19-12-14-20(15-13-19)26(30)32-4/h7-8,10-15,22H,5-6,9,16-17H2,1-4H3. The average Bonchev–Trinajstić information content (AvgIpc) is 2.81. The van der Waals surface area contributed by atoms with E-state index in [4.69, 9.17) is 9.47 Å². The summed E-state index contributed by atoms with van der Waals surface area (Å²) < 4.78 is 10.2. The molecule has 0 radical (unpaired) electrons. The third-order valence-corrected chi connectivity index (χ3v) is 5.93. The number of hydrogen-bond donors (Lipinski definition) is 0. The molecule has 0 saturated carbocycles. The zero-order valence-corrected chi connectivity index (χ0v) is 19.7. The molecule has 6 heteroatoms. The fourth-order valence-corrected chi connectivity index (χ4v) is 4.33. The molecule has 0 saturated heterocycles. The van der Waals surface area contributed by atoms with Crippen molar-refractivity contribution in [1.82, 2.24) is 4.90 Å². The average molecular weight is 450 g/mol. The quantitative estimate of drug-likeness (QED) is 0.535. The summed E-state index contributed by atoms with van der Waals surface area (Å²) >= 11 is 0. The van der Waals surface area contributed by atoms with Gasteiger partial charge in [-0.2, -0.15) is 0 Å². The molecule has 1 aliphatic heterocycles. The number of methoxy groups -OCH3 is 1. The fraction of sp³-hybridized carbons (Fsp3) is 0.370. The monoisotopic (exact) mass is 449 g/mol. The summed E-state index contributed by atoms with van der Waals surface area (Å²) in [4.78, 5) is 40.0. The zero-order chi connectivity index (χ0) is 24.0. The third-order valence-electron chi connectivity index (χ3n) is 5.93. The van der Waals surface area contributed by atoms with E-state index in [1.165, 1.54) is 7.11 Å². The smallest absolute Gasteiger partial charge is 0.337 e. The number of amides is 1. The summed E-state index contributed by atoms with van der Waals surface area (Å²) in [6.07, 6.45) is 1.57. The van der Waals surface area contributed by atoms with Gasteiger partial charge in [-0.15, -0.1) is 0 Å². The van der Waals surface area contributed by atoms with E-state index in [1.54, 1.807) is 36.1 Å². The Balaban J connectivity index is 2.06. The second kappa shape index (κ2) is 10.9. The molecule has 0 N–H and O–H groups in total. The van der Waals surface area contributed by atoms with Crippen molar-refractivity contribution in [3.05, 3.63) is 82.1 Å². The molecule has 1 aliphatic rings. The van der Waals surface area contributed by atoms with Crippen LogP contribution in [-0.4, -0.2) is 36.5 Å². The van der Waals surface area contributed by atoms with Crippen LogP contribution in [0.1, 0.15) is 66.1 Å². The lowest BCUT2D eigenvalue weighted by Crippen LogP contribution is -2.39. The first-order chi connectivity index (χ1) is 15.9. The molecular weight excluding hydrogens is 418 g/mol. The number of rotatable bonds is 8. The summed E-state index contributed by atoms with van der Waals surface area (Å²) in [7, 11) is 1.34. The molecule has 2 aromatic rings. The predicted octanol–water partition coefficient (Wildman–Crippen LogP) is 4.92. The maximum atomic E-state index is 13.4. The number of benzene rings is 2. The fourth-order valence-electron chi connectivity index (χ4n) is 4.33. The molecule has 3 rings (SSSR count). The van der Waals surface area contributed by atoms with Gasteiger partial charge in [-0.05, 0) is 49.1 Å². The van der Waals surface area contributed by atoms with Gasteiger partial charge in [-0.1, -0.05) is 49.7 Å². The van der Waals surface area contributed by atoms with E-state index in [2.05, 4.69) is 0 Å². The van der Waals surface area contributed by atoms with Crippen LogP contribution in [0, 0.1) is 6.92 Å². The van der Waals surface area contributed by atoms with Crippen molar-refractivity contribution in [3.63, 3.8) is 0 Å². The van der Waals surface area contributed by atoms with Gasteiger partial charge < -0.3 is 14.4 Å². The first-order valence-corrected chi connectivity index (χ1v) is 11.3. The Kier molecular flexibility index (Phi) is 8.04. The minimum Gasteiger partial charge on any atom is -0.465 e. The van der Waals surface area contributed by atoms with E-state index >= 15 is 0 Å². The van der Waals surface area contributed by atoms with Gasteiger partial charge in [0.05, 0.1) is 31.4 Å². The number of esters is 2. The molecule has 33 heavy (non-hydrogen) atoms. The first kappa shape index (κ1) is 24.2. The predicted molar refractivity (Wildman–Crippen MR) is 125 cm³/mol. The van der Waals surface area contributed by atoms with Crippen molar-refractivity contribution < 1.29 is 23.9 Å². The van der Waals surface area contributed by atoms with Crippen LogP contribution in [0.5, 0.6) is 0 Å². The van der Waals surface area contributed by atoms with Crippen LogP contribution in [0.15, 0.2) is 59.8 Å². The number of nitrogens with zero attached hydrogens (tertiary/aromatic N) is 1. The molecule has 0 fully saturated rings. The van der Waals surface area contributed by atoms with E-state index in [0.29, 0.717) is 24.1 Å². The number of ether oxygens (including phenoxy) is 2. The minimum atomic E-state index is -0.409. The van der Waals surface area contributed by atoms with E-state index in [9.17, 15) is 14.4 Å². The van der Waals surface area contributed by atoms with Crippen LogP contribution < -0.4 is 0 Å². The maximum Gasteiger partial charge on any atom is 0.337 e. The van der Waals surface area contributed by atoms with Crippen molar-refractivity contribution >= 4 is 17.8 Å².